The second kappa shape index (κ2) is 8.05. The smallest absolute Gasteiger partial charge is 0.219 e. The Balaban J connectivity index is 2.18. The highest BCUT2D eigenvalue weighted by atomic mass is 32.2. The summed E-state index contributed by atoms with van der Waals surface area (Å²) < 4.78 is 13.3. The van der Waals surface area contributed by atoms with Crippen molar-refractivity contribution in [3.8, 4) is 11.3 Å². The summed E-state index contributed by atoms with van der Waals surface area (Å²) in [4.78, 5) is 23.8. The van der Waals surface area contributed by atoms with Crippen molar-refractivity contribution in [2.45, 2.75) is 26.8 Å². The van der Waals surface area contributed by atoms with Crippen LogP contribution in [0.2, 0.25) is 0 Å². The first kappa shape index (κ1) is 19.3. The first-order valence-electron chi connectivity index (χ1n) is 8.88. The third-order valence-corrected chi connectivity index (χ3v) is 5.17. The fourth-order valence-corrected chi connectivity index (χ4v) is 3.23. The van der Waals surface area contributed by atoms with E-state index in [1.807, 2.05) is 24.9 Å². The first-order chi connectivity index (χ1) is 12.9. The maximum atomic E-state index is 13.3. The van der Waals surface area contributed by atoms with E-state index >= 15 is 0 Å². The highest BCUT2D eigenvalue weighted by molar-refractivity contribution is 8.14. The number of rotatable bonds is 5. The molecule has 0 aliphatic carbocycles. The highest BCUT2D eigenvalue weighted by Crippen LogP contribution is 2.31. The van der Waals surface area contributed by atoms with Crippen molar-refractivity contribution < 1.29 is 9.18 Å². The van der Waals surface area contributed by atoms with Gasteiger partial charge in [-0.25, -0.2) is 14.4 Å². The van der Waals surface area contributed by atoms with E-state index in [0.717, 1.165) is 11.3 Å². The van der Waals surface area contributed by atoms with Crippen molar-refractivity contribution in [1.29, 1.82) is 0 Å². The van der Waals surface area contributed by atoms with Crippen molar-refractivity contribution >= 4 is 33.7 Å². The predicted molar refractivity (Wildman–Crippen MR) is 111 cm³/mol. The zero-order valence-electron chi connectivity index (χ0n) is 15.9. The van der Waals surface area contributed by atoms with Crippen molar-refractivity contribution in [3.63, 3.8) is 0 Å². The number of thioether (sulfide) groups is 1. The highest BCUT2D eigenvalue weighted by Gasteiger charge is 2.18. The SMILES string of the molecule is CCSC(=O)c1ccc2nc(-c3ccc(F)cc3)c(N(C)C(C)C)nc2c1. The first-order valence-corrected chi connectivity index (χ1v) is 9.87. The van der Waals surface area contributed by atoms with E-state index in [-0.39, 0.29) is 17.0 Å². The average molecular weight is 383 g/mol. The molecule has 0 aliphatic rings. The molecule has 6 heteroatoms. The van der Waals surface area contributed by atoms with Crippen LogP contribution in [0.15, 0.2) is 42.5 Å². The van der Waals surface area contributed by atoms with E-state index in [4.69, 9.17) is 9.97 Å². The average Bonchev–Trinajstić information content (AvgIpc) is 2.66. The standard InChI is InChI=1S/C21H22FN3OS/c1-5-27-21(26)15-8-11-17-18(12-15)24-20(25(4)13(2)3)19(23-17)14-6-9-16(22)10-7-14/h6-13H,5H2,1-4H3. The van der Waals surface area contributed by atoms with E-state index < -0.39 is 0 Å². The van der Waals surface area contributed by atoms with E-state index in [1.165, 1.54) is 23.9 Å². The lowest BCUT2D eigenvalue weighted by molar-refractivity contribution is 0.108. The van der Waals surface area contributed by atoms with Crippen LogP contribution in [0.3, 0.4) is 0 Å². The summed E-state index contributed by atoms with van der Waals surface area (Å²) in [6.45, 7) is 6.09. The number of benzene rings is 2. The molecule has 27 heavy (non-hydrogen) atoms. The number of carbonyl (C=O) groups excluding carboxylic acids is 1. The van der Waals surface area contributed by atoms with Gasteiger partial charge in [-0.1, -0.05) is 18.7 Å². The van der Waals surface area contributed by atoms with Crippen LogP contribution in [0.25, 0.3) is 22.3 Å². The second-order valence-electron chi connectivity index (χ2n) is 6.53. The molecule has 0 atom stereocenters. The predicted octanol–water partition coefficient (Wildman–Crippen LogP) is 5.17. The Hall–Kier alpha value is -2.47. The third kappa shape index (κ3) is 4.11. The molecular weight excluding hydrogens is 361 g/mol. The van der Waals surface area contributed by atoms with E-state index in [9.17, 15) is 9.18 Å². The number of carbonyl (C=O) groups is 1. The molecule has 0 spiro atoms. The Labute approximate surface area is 162 Å². The van der Waals surface area contributed by atoms with E-state index in [0.29, 0.717) is 28.1 Å². The Morgan fingerprint density at radius 2 is 1.81 bits per heavy atom. The largest absolute Gasteiger partial charge is 0.355 e. The topological polar surface area (TPSA) is 46.1 Å². The normalized spacial score (nSPS) is 11.2. The summed E-state index contributed by atoms with van der Waals surface area (Å²) in [5.74, 6) is 1.15. The quantitative estimate of drug-likeness (QED) is 0.608. The van der Waals surface area contributed by atoms with Gasteiger partial charge >= 0.3 is 0 Å². The maximum Gasteiger partial charge on any atom is 0.219 e. The molecule has 4 nitrogen and oxygen atoms in total. The monoisotopic (exact) mass is 383 g/mol. The van der Waals surface area contributed by atoms with Gasteiger partial charge in [0.25, 0.3) is 0 Å². The summed E-state index contributed by atoms with van der Waals surface area (Å²) in [5.41, 5.74) is 3.49. The molecule has 0 fully saturated rings. The molecule has 1 heterocycles. The van der Waals surface area contributed by atoms with Crippen LogP contribution in [-0.4, -0.2) is 33.9 Å². The minimum atomic E-state index is -0.289. The van der Waals surface area contributed by atoms with Crippen LogP contribution >= 0.6 is 11.8 Å². The molecule has 140 valence electrons. The van der Waals surface area contributed by atoms with Crippen molar-refractivity contribution in [1.82, 2.24) is 9.97 Å². The maximum absolute atomic E-state index is 13.3. The number of hydrogen-bond donors (Lipinski definition) is 0. The molecule has 0 unspecified atom stereocenters. The van der Waals surface area contributed by atoms with Gasteiger partial charge in [0, 0.05) is 24.2 Å². The van der Waals surface area contributed by atoms with Crippen molar-refractivity contribution in [2.75, 3.05) is 17.7 Å². The van der Waals surface area contributed by atoms with Gasteiger partial charge < -0.3 is 4.90 Å². The lowest BCUT2D eigenvalue weighted by atomic mass is 10.1. The number of nitrogens with zero attached hydrogens (tertiary/aromatic N) is 3. The number of aromatic nitrogens is 2. The summed E-state index contributed by atoms with van der Waals surface area (Å²) in [5, 5.41) is 0.0302. The van der Waals surface area contributed by atoms with Crippen LogP contribution in [0.4, 0.5) is 10.2 Å². The van der Waals surface area contributed by atoms with E-state index in [1.54, 1.807) is 24.3 Å². The lowest BCUT2D eigenvalue weighted by Gasteiger charge is -2.25. The van der Waals surface area contributed by atoms with Crippen molar-refractivity contribution in [3.05, 3.63) is 53.8 Å². The molecule has 3 rings (SSSR count). The van der Waals surface area contributed by atoms with Crippen molar-refractivity contribution in [2.24, 2.45) is 0 Å². The molecule has 0 N–H and O–H groups in total. The summed E-state index contributed by atoms with van der Waals surface area (Å²) in [6.07, 6.45) is 0. The fourth-order valence-electron chi connectivity index (χ4n) is 2.68. The third-order valence-electron chi connectivity index (χ3n) is 4.38. The fraction of sp³-hybridized carbons (Fsp3) is 0.286. The van der Waals surface area contributed by atoms with Crippen LogP contribution in [0, 0.1) is 5.82 Å². The van der Waals surface area contributed by atoms with Crippen LogP contribution < -0.4 is 4.90 Å². The molecule has 0 bridgehead atoms. The Bertz CT molecular complexity index is 973. The van der Waals surface area contributed by atoms with Crippen LogP contribution in [0.1, 0.15) is 31.1 Å². The Kier molecular flexibility index (Phi) is 5.75. The van der Waals surface area contributed by atoms with Gasteiger partial charge in [0.05, 0.1) is 11.0 Å². The zero-order valence-corrected chi connectivity index (χ0v) is 16.7. The Morgan fingerprint density at radius 1 is 1.11 bits per heavy atom. The molecule has 3 aromatic rings. The minimum Gasteiger partial charge on any atom is -0.355 e. The summed E-state index contributed by atoms with van der Waals surface area (Å²) in [7, 11) is 1.95. The molecule has 1 aromatic heterocycles. The van der Waals surface area contributed by atoms with Gasteiger partial charge in [-0.05, 0) is 62.1 Å². The molecule has 0 saturated heterocycles. The summed E-state index contributed by atoms with van der Waals surface area (Å²) in [6, 6.07) is 11.8. The molecule has 0 amide bonds. The molecule has 0 radical (unpaired) electrons. The number of anilines is 1. The van der Waals surface area contributed by atoms with Gasteiger partial charge in [0.2, 0.25) is 5.12 Å². The van der Waals surface area contributed by atoms with Crippen LogP contribution in [0.5, 0.6) is 0 Å². The van der Waals surface area contributed by atoms with E-state index in [2.05, 4.69) is 13.8 Å². The van der Waals surface area contributed by atoms with Crippen LogP contribution in [-0.2, 0) is 0 Å². The Morgan fingerprint density at radius 3 is 2.44 bits per heavy atom. The number of fused-ring (bicyclic) bond motifs is 1. The summed E-state index contributed by atoms with van der Waals surface area (Å²) >= 11 is 1.28. The number of halogens is 1. The number of hydrogen-bond acceptors (Lipinski definition) is 5. The van der Waals surface area contributed by atoms with Gasteiger partial charge in [0.1, 0.15) is 11.5 Å². The lowest BCUT2D eigenvalue weighted by Crippen LogP contribution is -2.27. The zero-order chi connectivity index (χ0) is 19.6. The second-order valence-corrected chi connectivity index (χ2v) is 7.77. The van der Waals surface area contributed by atoms with Gasteiger partial charge in [-0.3, -0.25) is 4.79 Å². The minimum absolute atomic E-state index is 0.0302. The molecule has 0 aliphatic heterocycles. The van der Waals surface area contributed by atoms with Gasteiger partial charge in [-0.2, -0.15) is 0 Å². The molecule has 2 aromatic carbocycles. The van der Waals surface area contributed by atoms with Gasteiger partial charge in [0.15, 0.2) is 5.82 Å². The van der Waals surface area contributed by atoms with Gasteiger partial charge in [-0.15, -0.1) is 0 Å². The molecular formula is C21H22FN3OS. The molecule has 0 saturated carbocycles.